The number of rotatable bonds is 5. The maximum atomic E-state index is 13.9. The third-order valence-corrected chi connectivity index (χ3v) is 4.17. The number of carbonyl (C=O) groups excluding carboxylic acids is 2. The van der Waals surface area contributed by atoms with Crippen LogP contribution in [0.15, 0.2) is 36.4 Å². The van der Waals surface area contributed by atoms with Crippen LogP contribution in [0.4, 0.5) is 28.9 Å². The van der Waals surface area contributed by atoms with E-state index in [0.29, 0.717) is 17.4 Å². The van der Waals surface area contributed by atoms with Gasteiger partial charge in [-0.25, -0.2) is 14.2 Å². The first kappa shape index (κ1) is 20.4. The van der Waals surface area contributed by atoms with Gasteiger partial charge in [0.25, 0.3) is 5.91 Å². The molecule has 7 nitrogen and oxygen atoms in total. The van der Waals surface area contributed by atoms with E-state index in [9.17, 15) is 27.2 Å². The van der Waals surface area contributed by atoms with E-state index in [1.54, 1.807) is 31.3 Å². The maximum absolute atomic E-state index is 13.9. The van der Waals surface area contributed by atoms with Crippen LogP contribution >= 0.6 is 0 Å². The Morgan fingerprint density at radius 2 is 1.86 bits per heavy atom. The van der Waals surface area contributed by atoms with Gasteiger partial charge in [0.1, 0.15) is 11.5 Å². The predicted molar refractivity (Wildman–Crippen MR) is 94.9 cm³/mol. The minimum atomic E-state index is -5.28. The van der Waals surface area contributed by atoms with E-state index < -0.39 is 29.4 Å². The predicted octanol–water partition coefficient (Wildman–Crippen LogP) is 2.41. The lowest BCUT2D eigenvalue weighted by atomic mass is 10.1. The van der Waals surface area contributed by atoms with Crippen LogP contribution in [0, 0.1) is 5.82 Å². The lowest BCUT2D eigenvalue weighted by Crippen LogP contribution is -2.43. The third kappa shape index (κ3) is 4.09. The molecule has 29 heavy (non-hydrogen) atoms. The van der Waals surface area contributed by atoms with Gasteiger partial charge < -0.3 is 15.9 Å². The molecule has 2 aromatic rings. The zero-order chi connectivity index (χ0) is 21.3. The largest absolute Gasteiger partial charge is 0.493 e. The minimum Gasteiger partial charge on any atom is -0.366 e. The highest BCUT2D eigenvalue weighted by atomic mass is 19.4. The molecular formula is C18H16F4N4O3. The molecule has 1 heterocycles. The van der Waals surface area contributed by atoms with Gasteiger partial charge in [-0.15, -0.1) is 5.17 Å². The van der Waals surface area contributed by atoms with Crippen molar-refractivity contribution in [3.8, 4) is 0 Å². The number of primary amides is 1. The number of hydrogen-bond acceptors (Lipinski definition) is 6. The van der Waals surface area contributed by atoms with E-state index in [0.717, 1.165) is 17.7 Å². The summed E-state index contributed by atoms with van der Waals surface area (Å²) in [5.74, 6) is -4.38. The van der Waals surface area contributed by atoms with E-state index >= 15 is 0 Å². The molecule has 0 unspecified atom stereocenters. The molecule has 3 rings (SSSR count). The van der Waals surface area contributed by atoms with Crippen LogP contribution in [0.25, 0.3) is 0 Å². The number of carbonyl (C=O) groups is 2. The van der Waals surface area contributed by atoms with Crippen LogP contribution in [-0.4, -0.2) is 25.1 Å². The topological polar surface area (TPSA) is 87.9 Å². The summed E-state index contributed by atoms with van der Waals surface area (Å²) in [5, 5.41) is 4.65. The average Bonchev–Trinajstić information content (AvgIpc) is 2.99. The maximum Gasteiger partial charge on any atom is 0.493 e. The lowest BCUT2D eigenvalue weighted by Gasteiger charge is -2.30. The Morgan fingerprint density at radius 3 is 2.41 bits per heavy atom. The number of hydrazine groups is 1. The van der Waals surface area contributed by atoms with E-state index in [-0.39, 0.29) is 17.8 Å². The molecule has 0 saturated carbocycles. The van der Waals surface area contributed by atoms with Gasteiger partial charge in [-0.2, -0.15) is 13.2 Å². The van der Waals surface area contributed by atoms with Gasteiger partial charge in [-0.3, -0.25) is 4.79 Å². The summed E-state index contributed by atoms with van der Waals surface area (Å²) in [6, 6.07) is 8.42. The number of nitrogens with one attached hydrogen (secondary N) is 1. The molecule has 1 amide bonds. The summed E-state index contributed by atoms with van der Waals surface area (Å²) in [6.45, 7) is 0.411. The molecule has 154 valence electrons. The molecule has 2 aromatic carbocycles. The van der Waals surface area contributed by atoms with Gasteiger partial charge in [0.15, 0.2) is 0 Å². The second kappa shape index (κ2) is 7.59. The van der Waals surface area contributed by atoms with E-state index in [4.69, 9.17) is 5.73 Å². The van der Waals surface area contributed by atoms with Crippen molar-refractivity contribution in [3.05, 3.63) is 58.9 Å². The first-order valence-electron chi connectivity index (χ1n) is 8.34. The highest BCUT2D eigenvalue weighted by molar-refractivity contribution is 6.00. The van der Waals surface area contributed by atoms with Crippen molar-refractivity contribution < 1.29 is 32.0 Å². The number of anilines is 2. The average molecular weight is 412 g/mol. The molecule has 0 fully saturated rings. The monoisotopic (exact) mass is 412 g/mol. The molecule has 1 aliphatic rings. The summed E-state index contributed by atoms with van der Waals surface area (Å²) in [7, 11) is 1.75. The van der Waals surface area contributed by atoms with E-state index in [2.05, 4.69) is 10.2 Å². The van der Waals surface area contributed by atoms with E-state index in [1.165, 1.54) is 5.01 Å². The molecular weight excluding hydrogens is 396 g/mol. The summed E-state index contributed by atoms with van der Waals surface area (Å²) in [5.41, 5.74) is 6.00. The second-order valence-electron chi connectivity index (χ2n) is 6.23. The van der Waals surface area contributed by atoms with Gasteiger partial charge in [-0.05, 0) is 36.9 Å². The van der Waals surface area contributed by atoms with Crippen molar-refractivity contribution in [2.75, 3.05) is 17.2 Å². The van der Waals surface area contributed by atoms with Crippen LogP contribution in [0.1, 0.15) is 21.5 Å². The summed E-state index contributed by atoms with van der Waals surface area (Å²) in [6.07, 6.45) is -5.28. The zero-order valence-corrected chi connectivity index (χ0v) is 15.1. The SMILES string of the molecule is CNCc1ccc(N2Cc3cc(F)cc(C(N)=O)c3N2OC(=O)C(F)(F)F)cc1. The van der Waals surface area contributed by atoms with Gasteiger partial charge in [0.05, 0.1) is 17.8 Å². The number of fused-ring (bicyclic) bond motifs is 1. The fraction of sp³-hybridized carbons (Fsp3) is 0.222. The molecule has 0 saturated heterocycles. The van der Waals surface area contributed by atoms with Crippen LogP contribution in [0.2, 0.25) is 0 Å². The Labute approximate surface area is 162 Å². The van der Waals surface area contributed by atoms with Crippen LogP contribution in [0.3, 0.4) is 0 Å². The molecule has 0 spiro atoms. The second-order valence-corrected chi connectivity index (χ2v) is 6.23. The number of nitrogens with zero attached hydrogens (tertiary/aromatic N) is 2. The van der Waals surface area contributed by atoms with Crippen molar-refractivity contribution >= 4 is 23.3 Å². The Morgan fingerprint density at radius 1 is 1.21 bits per heavy atom. The van der Waals surface area contributed by atoms with Crippen LogP contribution < -0.4 is 21.2 Å². The van der Waals surface area contributed by atoms with Crippen molar-refractivity contribution in [2.24, 2.45) is 5.73 Å². The third-order valence-electron chi connectivity index (χ3n) is 4.17. The van der Waals surface area contributed by atoms with Crippen molar-refractivity contribution in [2.45, 2.75) is 19.3 Å². The van der Waals surface area contributed by atoms with Gasteiger partial charge in [-0.1, -0.05) is 12.1 Å². The fourth-order valence-electron chi connectivity index (χ4n) is 2.95. The van der Waals surface area contributed by atoms with Gasteiger partial charge >= 0.3 is 12.1 Å². The molecule has 0 bridgehead atoms. The number of amides is 1. The highest BCUT2D eigenvalue weighted by Gasteiger charge is 2.45. The molecule has 0 aliphatic carbocycles. The highest BCUT2D eigenvalue weighted by Crippen LogP contribution is 2.39. The molecule has 11 heteroatoms. The molecule has 0 radical (unpaired) electrons. The van der Waals surface area contributed by atoms with Gasteiger partial charge in [0.2, 0.25) is 0 Å². The summed E-state index contributed by atoms with van der Waals surface area (Å²) >= 11 is 0. The number of nitrogens with two attached hydrogens (primary N) is 1. The summed E-state index contributed by atoms with van der Waals surface area (Å²) < 4.78 is 52.3. The Bertz CT molecular complexity index is 947. The quantitative estimate of drug-likeness (QED) is 0.734. The number of benzene rings is 2. The van der Waals surface area contributed by atoms with Crippen LogP contribution in [-0.2, 0) is 22.7 Å². The molecule has 0 atom stereocenters. The fourth-order valence-corrected chi connectivity index (χ4v) is 2.95. The molecule has 0 aromatic heterocycles. The first-order chi connectivity index (χ1) is 13.6. The van der Waals surface area contributed by atoms with Gasteiger partial charge in [0, 0.05) is 12.1 Å². The first-order valence-corrected chi connectivity index (χ1v) is 8.34. The van der Waals surface area contributed by atoms with Crippen molar-refractivity contribution in [3.63, 3.8) is 0 Å². The Kier molecular flexibility index (Phi) is 5.33. The molecule has 1 aliphatic heterocycles. The zero-order valence-electron chi connectivity index (χ0n) is 15.1. The molecule has 3 N–H and O–H groups in total. The Hall–Kier alpha value is -3.34. The number of hydrogen-bond donors (Lipinski definition) is 2. The van der Waals surface area contributed by atoms with Crippen molar-refractivity contribution in [1.29, 1.82) is 0 Å². The lowest BCUT2D eigenvalue weighted by molar-refractivity contribution is -0.201. The number of halogens is 4. The standard InChI is InChI=1S/C18H16F4N4O3/c1-24-8-10-2-4-13(5-3-10)25-9-11-6-12(19)7-14(16(23)27)15(11)26(25)29-17(28)18(20,21)22/h2-7,24H,8-9H2,1H3,(H2,23,27). The Balaban J connectivity index is 2.06. The smallest absolute Gasteiger partial charge is 0.366 e. The van der Waals surface area contributed by atoms with Crippen LogP contribution in [0.5, 0.6) is 0 Å². The number of alkyl halides is 3. The summed E-state index contributed by atoms with van der Waals surface area (Å²) in [4.78, 5) is 27.8. The van der Waals surface area contributed by atoms with E-state index in [1.807, 2.05) is 0 Å². The normalized spacial score (nSPS) is 13.4. The minimum absolute atomic E-state index is 0.132. The van der Waals surface area contributed by atoms with Crippen molar-refractivity contribution in [1.82, 2.24) is 5.32 Å².